The smallest absolute Gasteiger partial charge is 0.0227 e. The van der Waals surface area contributed by atoms with Gasteiger partial charge in [0.1, 0.15) is 0 Å². The van der Waals surface area contributed by atoms with E-state index in [0.29, 0.717) is 0 Å². The zero-order valence-corrected chi connectivity index (χ0v) is 9.70. The first kappa shape index (κ1) is 10.3. The summed E-state index contributed by atoms with van der Waals surface area (Å²) in [5.41, 5.74) is 1.76. The van der Waals surface area contributed by atoms with Crippen molar-refractivity contribution in [3.8, 4) is 0 Å². The van der Waals surface area contributed by atoms with Crippen LogP contribution in [0.25, 0.3) is 0 Å². The largest absolute Gasteiger partial charge is 0.0808 e. The number of rotatable bonds is 3. The van der Waals surface area contributed by atoms with E-state index in [1.807, 2.05) is 0 Å². The van der Waals surface area contributed by atoms with Crippen molar-refractivity contribution in [3.63, 3.8) is 0 Å². The average Bonchev–Trinajstić information content (AvgIpc) is 2.37. The Bertz CT molecular complexity index is 160. The zero-order valence-electron chi connectivity index (χ0n) is 8.80. The van der Waals surface area contributed by atoms with E-state index in [9.17, 15) is 0 Å². The van der Waals surface area contributed by atoms with E-state index in [-0.39, 0.29) is 7.92 Å². The predicted molar refractivity (Wildman–Crippen MR) is 59.1 cm³/mol. The lowest BCUT2D eigenvalue weighted by atomic mass is 10.4. The van der Waals surface area contributed by atoms with Gasteiger partial charge < -0.3 is 0 Å². The fourth-order valence-electron chi connectivity index (χ4n) is 2.15. The summed E-state index contributed by atoms with van der Waals surface area (Å²) in [6, 6.07) is 0. The quantitative estimate of drug-likeness (QED) is 0.572. The molecule has 0 aliphatic heterocycles. The Morgan fingerprint density at radius 1 is 1.17 bits per heavy atom. The van der Waals surface area contributed by atoms with Crippen molar-refractivity contribution >= 4 is 7.92 Å². The van der Waals surface area contributed by atoms with E-state index in [4.69, 9.17) is 0 Å². The minimum absolute atomic E-state index is 0.181. The van der Waals surface area contributed by atoms with Gasteiger partial charge in [-0.05, 0) is 35.9 Å². The standard InChI is InChI=1S/C11H21P/c1-9(2)12(10(3)4)11-7-5-6-8-11/h7,9-10H,5-6,8H2,1-4H3. The van der Waals surface area contributed by atoms with Crippen LogP contribution in [0.4, 0.5) is 0 Å². The van der Waals surface area contributed by atoms with Gasteiger partial charge in [-0.1, -0.05) is 41.7 Å². The van der Waals surface area contributed by atoms with Crippen LogP contribution in [0, 0.1) is 0 Å². The summed E-state index contributed by atoms with van der Waals surface area (Å²) in [5.74, 6) is 0. The highest BCUT2D eigenvalue weighted by Crippen LogP contribution is 2.56. The van der Waals surface area contributed by atoms with Gasteiger partial charge in [0.25, 0.3) is 0 Å². The summed E-state index contributed by atoms with van der Waals surface area (Å²) in [7, 11) is 0.181. The van der Waals surface area contributed by atoms with E-state index in [1.165, 1.54) is 19.3 Å². The van der Waals surface area contributed by atoms with Gasteiger partial charge >= 0.3 is 0 Å². The van der Waals surface area contributed by atoms with E-state index in [0.717, 1.165) is 11.3 Å². The van der Waals surface area contributed by atoms with Crippen LogP contribution in [0.15, 0.2) is 11.4 Å². The summed E-state index contributed by atoms with van der Waals surface area (Å²) in [6.45, 7) is 9.52. The first-order valence-electron chi connectivity index (χ1n) is 5.10. The maximum absolute atomic E-state index is 2.51. The minimum Gasteiger partial charge on any atom is -0.0808 e. The van der Waals surface area contributed by atoms with Crippen LogP contribution < -0.4 is 0 Å². The molecule has 0 saturated carbocycles. The second kappa shape index (κ2) is 4.42. The molecule has 0 radical (unpaired) electrons. The monoisotopic (exact) mass is 184 g/mol. The van der Waals surface area contributed by atoms with Gasteiger partial charge in [-0.3, -0.25) is 0 Å². The number of allylic oxidation sites excluding steroid dienone is 2. The normalized spacial score (nSPS) is 18.1. The second-order valence-corrected chi connectivity index (χ2v) is 7.64. The molecule has 0 N–H and O–H groups in total. The molecule has 0 bridgehead atoms. The third kappa shape index (κ3) is 2.33. The third-order valence-electron chi connectivity index (χ3n) is 2.46. The minimum atomic E-state index is 0.181. The summed E-state index contributed by atoms with van der Waals surface area (Å²) in [5, 5.41) is 1.80. The molecular weight excluding hydrogens is 163 g/mol. The molecule has 0 atom stereocenters. The SMILES string of the molecule is CC(C)P(C1=CCCC1)C(C)C. The van der Waals surface area contributed by atoms with Gasteiger partial charge in [-0.25, -0.2) is 0 Å². The Kier molecular flexibility index (Phi) is 3.77. The molecule has 70 valence electrons. The molecule has 0 nitrogen and oxygen atoms in total. The molecule has 1 aliphatic rings. The maximum Gasteiger partial charge on any atom is -0.0227 e. The van der Waals surface area contributed by atoms with Crippen molar-refractivity contribution in [3.05, 3.63) is 11.4 Å². The summed E-state index contributed by atoms with van der Waals surface area (Å²) < 4.78 is 0. The maximum atomic E-state index is 2.51. The Morgan fingerprint density at radius 3 is 2.08 bits per heavy atom. The van der Waals surface area contributed by atoms with Gasteiger partial charge in [-0.2, -0.15) is 0 Å². The fraction of sp³-hybridized carbons (Fsp3) is 0.818. The van der Waals surface area contributed by atoms with Gasteiger partial charge in [0.05, 0.1) is 0 Å². The molecule has 0 amide bonds. The fourth-order valence-corrected chi connectivity index (χ4v) is 5.42. The number of hydrogen-bond acceptors (Lipinski definition) is 0. The zero-order chi connectivity index (χ0) is 9.14. The van der Waals surface area contributed by atoms with Crippen LogP contribution in [-0.2, 0) is 0 Å². The average molecular weight is 184 g/mol. The molecule has 1 aliphatic carbocycles. The molecule has 0 aromatic rings. The molecule has 0 spiro atoms. The van der Waals surface area contributed by atoms with Crippen molar-refractivity contribution in [2.24, 2.45) is 0 Å². The van der Waals surface area contributed by atoms with E-state index < -0.39 is 0 Å². The molecule has 0 fully saturated rings. The van der Waals surface area contributed by atoms with Gasteiger partial charge in [-0.15, -0.1) is 0 Å². The van der Waals surface area contributed by atoms with Crippen LogP contribution in [0.1, 0.15) is 47.0 Å². The van der Waals surface area contributed by atoms with Crippen molar-refractivity contribution in [1.82, 2.24) is 0 Å². The first-order chi connectivity index (χ1) is 5.63. The second-order valence-electron chi connectivity index (χ2n) is 4.18. The molecule has 0 unspecified atom stereocenters. The van der Waals surface area contributed by atoms with Crippen LogP contribution in [0.2, 0.25) is 0 Å². The lowest BCUT2D eigenvalue weighted by molar-refractivity contribution is 0.916. The third-order valence-corrected chi connectivity index (χ3v) is 5.76. The summed E-state index contributed by atoms with van der Waals surface area (Å²) >= 11 is 0. The summed E-state index contributed by atoms with van der Waals surface area (Å²) in [4.78, 5) is 0. The molecule has 0 heterocycles. The van der Waals surface area contributed by atoms with Gasteiger partial charge in [0.15, 0.2) is 0 Å². The lowest BCUT2D eigenvalue weighted by Crippen LogP contribution is -2.04. The predicted octanol–water partition coefficient (Wildman–Crippen LogP) is 4.35. The Labute approximate surface area is 78.2 Å². The highest BCUT2D eigenvalue weighted by Gasteiger charge is 2.22. The van der Waals surface area contributed by atoms with E-state index >= 15 is 0 Å². The highest BCUT2D eigenvalue weighted by atomic mass is 31.1. The van der Waals surface area contributed by atoms with Crippen molar-refractivity contribution < 1.29 is 0 Å². The van der Waals surface area contributed by atoms with Crippen LogP contribution in [-0.4, -0.2) is 11.3 Å². The molecule has 1 rings (SSSR count). The van der Waals surface area contributed by atoms with Gasteiger partial charge in [0.2, 0.25) is 0 Å². The van der Waals surface area contributed by atoms with E-state index in [2.05, 4.69) is 33.8 Å². The Morgan fingerprint density at radius 2 is 1.75 bits per heavy atom. The molecular formula is C11H21P. The van der Waals surface area contributed by atoms with Crippen LogP contribution in [0.3, 0.4) is 0 Å². The van der Waals surface area contributed by atoms with Crippen molar-refractivity contribution in [2.75, 3.05) is 0 Å². The lowest BCUT2D eigenvalue weighted by Gasteiger charge is -2.27. The van der Waals surface area contributed by atoms with E-state index in [1.54, 1.807) is 5.31 Å². The molecule has 0 saturated heterocycles. The molecule has 0 aromatic carbocycles. The molecule has 1 heteroatoms. The first-order valence-corrected chi connectivity index (χ1v) is 6.58. The van der Waals surface area contributed by atoms with Crippen molar-refractivity contribution in [1.29, 1.82) is 0 Å². The van der Waals surface area contributed by atoms with Crippen molar-refractivity contribution in [2.45, 2.75) is 58.3 Å². The van der Waals surface area contributed by atoms with Crippen LogP contribution >= 0.6 is 7.92 Å². The summed E-state index contributed by atoms with van der Waals surface area (Å²) in [6.07, 6.45) is 6.65. The topological polar surface area (TPSA) is 0 Å². The Hall–Kier alpha value is 0.170. The molecule has 12 heavy (non-hydrogen) atoms. The molecule has 0 aromatic heterocycles. The van der Waals surface area contributed by atoms with Gasteiger partial charge in [0, 0.05) is 0 Å². The van der Waals surface area contributed by atoms with Crippen LogP contribution in [0.5, 0.6) is 0 Å². The Balaban J connectivity index is 2.65. The highest BCUT2D eigenvalue weighted by molar-refractivity contribution is 7.63. The number of hydrogen-bond donors (Lipinski definition) is 0.